The van der Waals surface area contributed by atoms with Crippen LogP contribution < -0.4 is 10.1 Å². The van der Waals surface area contributed by atoms with Crippen LogP contribution in [-0.4, -0.2) is 28.9 Å². The van der Waals surface area contributed by atoms with Crippen molar-refractivity contribution in [2.24, 2.45) is 0 Å². The summed E-state index contributed by atoms with van der Waals surface area (Å²) in [5.41, 5.74) is 2.85. The molecule has 0 bridgehead atoms. The van der Waals surface area contributed by atoms with Gasteiger partial charge in [-0.25, -0.2) is 9.37 Å². The highest BCUT2D eigenvalue weighted by atomic mass is 19.1. The molecule has 0 saturated carbocycles. The molecule has 4 rings (SSSR count). The van der Waals surface area contributed by atoms with Crippen LogP contribution in [0.25, 0.3) is 0 Å². The molecule has 156 valence electrons. The van der Waals surface area contributed by atoms with Crippen LogP contribution in [0.5, 0.6) is 5.88 Å². The van der Waals surface area contributed by atoms with Gasteiger partial charge in [-0.05, 0) is 43.0 Å². The summed E-state index contributed by atoms with van der Waals surface area (Å²) in [5.74, 6) is -0.118. The molecule has 7 nitrogen and oxygen atoms in total. The fraction of sp³-hybridized carbons (Fsp3) is 0.318. The maximum atomic E-state index is 13.1. The molecular formula is C22H22FN3O4. The molecule has 0 spiro atoms. The third kappa shape index (κ3) is 5.21. The average Bonchev–Trinajstić information content (AvgIpc) is 3.22. The molecule has 1 fully saturated rings. The molecule has 0 aliphatic carbocycles. The number of ether oxygens (including phenoxy) is 2. The number of halogens is 1. The van der Waals surface area contributed by atoms with Crippen LogP contribution in [-0.2, 0) is 17.8 Å². The Kier molecular flexibility index (Phi) is 6.34. The van der Waals surface area contributed by atoms with Crippen LogP contribution in [0.1, 0.15) is 46.4 Å². The minimum atomic E-state index is -0.281. The maximum absolute atomic E-state index is 13.1. The Morgan fingerprint density at radius 2 is 2.07 bits per heavy atom. The normalized spacial score (nSPS) is 16.2. The molecule has 3 heterocycles. The van der Waals surface area contributed by atoms with Crippen LogP contribution in [0.2, 0.25) is 0 Å². The molecule has 1 saturated heterocycles. The van der Waals surface area contributed by atoms with Crippen LogP contribution in [0.3, 0.4) is 0 Å². The fourth-order valence-corrected chi connectivity index (χ4v) is 3.17. The van der Waals surface area contributed by atoms with Crippen molar-refractivity contribution in [3.05, 3.63) is 77.1 Å². The molecule has 1 atom stereocenters. The first-order valence-electron chi connectivity index (χ1n) is 9.85. The molecule has 1 aliphatic heterocycles. The van der Waals surface area contributed by atoms with E-state index in [1.165, 1.54) is 24.6 Å². The molecule has 1 aromatic carbocycles. The van der Waals surface area contributed by atoms with Crippen molar-refractivity contribution in [2.75, 3.05) is 6.61 Å². The van der Waals surface area contributed by atoms with Gasteiger partial charge in [0.1, 0.15) is 24.9 Å². The maximum Gasteiger partial charge on any atom is 0.254 e. The van der Waals surface area contributed by atoms with Crippen LogP contribution in [0.15, 0.2) is 53.4 Å². The van der Waals surface area contributed by atoms with Gasteiger partial charge in [0.25, 0.3) is 5.91 Å². The monoisotopic (exact) mass is 411 g/mol. The number of aromatic nitrogens is 2. The molecular weight excluding hydrogens is 389 g/mol. The summed E-state index contributed by atoms with van der Waals surface area (Å²) in [6.07, 6.45) is 6.14. The van der Waals surface area contributed by atoms with Gasteiger partial charge in [0.15, 0.2) is 0 Å². The summed E-state index contributed by atoms with van der Waals surface area (Å²) >= 11 is 0. The predicted octanol–water partition coefficient (Wildman–Crippen LogP) is 3.63. The van der Waals surface area contributed by atoms with Crippen LogP contribution in [0, 0.1) is 5.82 Å². The lowest BCUT2D eigenvalue weighted by molar-refractivity contribution is -0.00267. The molecule has 1 N–H and O–H groups in total. The lowest BCUT2D eigenvalue weighted by Crippen LogP contribution is -2.38. The molecule has 2 aromatic heterocycles. The summed E-state index contributed by atoms with van der Waals surface area (Å²) in [7, 11) is 0. The Bertz CT molecular complexity index is 967. The lowest BCUT2D eigenvalue weighted by atomic mass is 10.1. The summed E-state index contributed by atoms with van der Waals surface area (Å²) in [4.78, 5) is 16.5. The zero-order valence-electron chi connectivity index (χ0n) is 16.3. The summed E-state index contributed by atoms with van der Waals surface area (Å²) < 4.78 is 29.3. The number of hydrogen-bond donors (Lipinski definition) is 1. The second-order valence-electron chi connectivity index (χ2n) is 7.09. The third-order valence-corrected chi connectivity index (χ3v) is 4.86. The Balaban J connectivity index is 1.32. The van der Waals surface area contributed by atoms with E-state index in [9.17, 15) is 9.18 Å². The van der Waals surface area contributed by atoms with Gasteiger partial charge < -0.3 is 19.3 Å². The average molecular weight is 411 g/mol. The van der Waals surface area contributed by atoms with Gasteiger partial charge in [-0.3, -0.25) is 4.79 Å². The first kappa shape index (κ1) is 20.0. The van der Waals surface area contributed by atoms with Crippen molar-refractivity contribution < 1.29 is 23.2 Å². The molecule has 3 aromatic rings. The zero-order chi connectivity index (χ0) is 20.8. The van der Waals surface area contributed by atoms with E-state index >= 15 is 0 Å². The number of carbonyl (C=O) groups excluding carboxylic acids is 1. The fourth-order valence-electron chi connectivity index (χ4n) is 3.17. The van der Waals surface area contributed by atoms with E-state index in [1.807, 2.05) is 0 Å². The van der Waals surface area contributed by atoms with E-state index in [-0.39, 0.29) is 24.6 Å². The minimum absolute atomic E-state index is 0.217. The molecule has 0 radical (unpaired) electrons. The first-order chi connectivity index (χ1) is 14.7. The van der Waals surface area contributed by atoms with E-state index in [0.717, 1.165) is 30.4 Å². The summed E-state index contributed by atoms with van der Waals surface area (Å²) in [6.45, 7) is 0.885. The van der Waals surface area contributed by atoms with Gasteiger partial charge in [-0.15, -0.1) is 0 Å². The second kappa shape index (κ2) is 9.49. The number of amides is 1. The molecule has 8 heteroatoms. The Morgan fingerprint density at radius 1 is 1.20 bits per heavy atom. The van der Waals surface area contributed by atoms with Crippen molar-refractivity contribution in [3.8, 4) is 5.88 Å². The number of nitrogens with zero attached hydrogens (tertiary/aromatic N) is 2. The number of hydrogen-bond acceptors (Lipinski definition) is 6. The Labute approximate surface area is 173 Å². The smallest absolute Gasteiger partial charge is 0.254 e. The van der Waals surface area contributed by atoms with Crippen molar-refractivity contribution in [2.45, 2.75) is 38.5 Å². The summed E-state index contributed by atoms with van der Waals surface area (Å²) in [5, 5.41) is 6.86. The van der Waals surface area contributed by atoms with Crippen molar-refractivity contribution in [3.63, 3.8) is 0 Å². The van der Waals surface area contributed by atoms with Crippen molar-refractivity contribution in [1.82, 2.24) is 15.5 Å². The Hall–Kier alpha value is -3.26. The number of nitrogens with one attached hydrogen (secondary N) is 1. The quantitative estimate of drug-likeness (QED) is 0.639. The van der Waals surface area contributed by atoms with Crippen molar-refractivity contribution >= 4 is 5.91 Å². The lowest BCUT2D eigenvalue weighted by Gasteiger charge is -2.23. The minimum Gasteiger partial charge on any atom is -0.473 e. The van der Waals surface area contributed by atoms with Gasteiger partial charge in [0.2, 0.25) is 5.88 Å². The van der Waals surface area contributed by atoms with E-state index in [2.05, 4.69) is 15.5 Å². The van der Waals surface area contributed by atoms with Crippen LogP contribution >= 0.6 is 0 Å². The van der Waals surface area contributed by atoms with E-state index < -0.39 is 0 Å². The highest BCUT2D eigenvalue weighted by Crippen LogP contribution is 2.17. The number of rotatable bonds is 7. The van der Waals surface area contributed by atoms with Gasteiger partial charge in [-0.2, -0.15) is 0 Å². The molecule has 1 aliphatic rings. The third-order valence-electron chi connectivity index (χ3n) is 4.86. The molecule has 1 amide bonds. The topological polar surface area (TPSA) is 86.5 Å². The highest BCUT2D eigenvalue weighted by Gasteiger charge is 2.17. The van der Waals surface area contributed by atoms with E-state index in [4.69, 9.17) is 14.0 Å². The number of benzene rings is 1. The molecule has 30 heavy (non-hydrogen) atoms. The van der Waals surface area contributed by atoms with Gasteiger partial charge in [0.05, 0.1) is 16.8 Å². The molecule has 1 unspecified atom stereocenters. The van der Waals surface area contributed by atoms with E-state index in [0.29, 0.717) is 30.2 Å². The van der Waals surface area contributed by atoms with Crippen LogP contribution in [0.4, 0.5) is 4.39 Å². The summed E-state index contributed by atoms with van der Waals surface area (Å²) in [6, 6.07) is 9.54. The van der Waals surface area contributed by atoms with Gasteiger partial charge >= 0.3 is 0 Å². The predicted molar refractivity (Wildman–Crippen MR) is 105 cm³/mol. The standard InChI is InChI=1S/C22H22FN3O4/c23-18-7-4-15(5-8-18)11-19-17(14-30-26-19)13-29-20-9-6-16(12-24-20)22(27)25-21-3-1-2-10-28-21/h4-9,12,14,21H,1-3,10-11,13H2,(H,25,27). The van der Waals surface area contributed by atoms with E-state index in [1.54, 1.807) is 24.3 Å². The van der Waals surface area contributed by atoms with Gasteiger partial charge in [0, 0.05) is 25.3 Å². The zero-order valence-corrected chi connectivity index (χ0v) is 16.3. The van der Waals surface area contributed by atoms with Crippen molar-refractivity contribution in [1.29, 1.82) is 0 Å². The highest BCUT2D eigenvalue weighted by molar-refractivity contribution is 5.94. The SMILES string of the molecule is O=C(NC1CCCCO1)c1ccc(OCc2conc2Cc2ccc(F)cc2)nc1. The second-order valence-corrected chi connectivity index (χ2v) is 7.09. The van der Waals surface area contributed by atoms with Gasteiger partial charge in [-0.1, -0.05) is 17.3 Å². The Morgan fingerprint density at radius 3 is 2.80 bits per heavy atom. The number of carbonyl (C=O) groups is 1. The largest absolute Gasteiger partial charge is 0.473 e. The number of pyridine rings is 1. The first-order valence-corrected chi connectivity index (χ1v) is 9.85.